The van der Waals surface area contributed by atoms with Crippen LogP contribution in [0, 0.1) is 0 Å². The summed E-state index contributed by atoms with van der Waals surface area (Å²) >= 11 is 0. The van der Waals surface area contributed by atoms with E-state index in [0.29, 0.717) is 13.0 Å². The minimum atomic E-state index is -1.43. The molecule has 0 spiro atoms. The summed E-state index contributed by atoms with van der Waals surface area (Å²) in [4.78, 5) is 0. The molecule has 0 aromatic carbocycles. The minimum Gasteiger partial charge on any atom is -0.393 e. The highest BCUT2D eigenvalue weighted by atomic mass is 16.5. The maximum Gasteiger partial charge on any atom is 0.116 e. The summed E-state index contributed by atoms with van der Waals surface area (Å²) in [5.74, 6) is 0. The van der Waals surface area contributed by atoms with Crippen molar-refractivity contribution in [3.05, 3.63) is 0 Å². The fraction of sp³-hybridized carbons (Fsp3) is 1.00. The van der Waals surface area contributed by atoms with Gasteiger partial charge in [-0.25, -0.2) is 0 Å². The molecule has 2 atom stereocenters. The van der Waals surface area contributed by atoms with Crippen LogP contribution in [0.1, 0.15) is 110 Å². The van der Waals surface area contributed by atoms with Crippen molar-refractivity contribution in [1.82, 2.24) is 0 Å². The number of ether oxygens (including phenoxy) is 1. The van der Waals surface area contributed by atoms with Crippen LogP contribution in [0.3, 0.4) is 0 Å². The zero-order valence-electron chi connectivity index (χ0n) is 17.6. The van der Waals surface area contributed by atoms with E-state index >= 15 is 0 Å². The van der Waals surface area contributed by atoms with Crippen LogP contribution in [0.15, 0.2) is 0 Å². The summed E-state index contributed by atoms with van der Waals surface area (Å²) < 4.78 is 5.52. The molecule has 0 bridgehead atoms. The Labute approximate surface area is 162 Å². The Morgan fingerprint density at radius 1 is 0.731 bits per heavy atom. The van der Waals surface area contributed by atoms with Crippen LogP contribution in [0.4, 0.5) is 0 Å². The van der Waals surface area contributed by atoms with Gasteiger partial charge in [0, 0.05) is 6.61 Å². The first-order chi connectivity index (χ1) is 12.6. The Kier molecular flexibility index (Phi) is 18.1. The van der Waals surface area contributed by atoms with Gasteiger partial charge in [0.15, 0.2) is 0 Å². The monoisotopic (exact) mass is 374 g/mol. The number of aliphatic hydroxyl groups excluding tert-OH is 2. The van der Waals surface area contributed by atoms with Crippen molar-refractivity contribution in [2.75, 3.05) is 19.8 Å². The first kappa shape index (κ1) is 25.8. The Hall–Kier alpha value is -0.160. The Balaban J connectivity index is 3.71. The third-order valence-corrected chi connectivity index (χ3v) is 5.28. The van der Waals surface area contributed by atoms with Crippen molar-refractivity contribution in [2.24, 2.45) is 0 Å². The molecule has 0 radical (unpaired) electrons. The number of aliphatic hydroxyl groups is 3. The van der Waals surface area contributed by atoms with Crippen molar-refractivity contribution < 1.29 is 20.1 Å². The zero-order chi connectivity index (χ0) is 19.5. The van der Waals surface area contributed by atoms with Gasteiger partial charge in [0.25, 0.3) is 0 Å². The lowest BCUT2D eigenvalue weighted by Gasteiger charge is -2.31. The molecule has 0 fully saturated rings. The molecular weight excluding hydrogens is 328 g/mol. The maximum absolute atomic E-state index is 10.5. The van der Waals surface area contributed by atoms with Gasteiger partial charge < -0.3 is 20.1 Å². The van der Waals surface area contributed by atoms with Crippen molar-refractivity contribution >= 4 is 0 Å². The van der Waals surface area contributed by atoms with E-state index in [4.69, 9.17) is 4.74 Å². The molecule has 4 heteroatoms. The van der Waals surface area contributed by atoms with Crippen molar-refractivity contribution in [3.8, 4) is 0 Å². The van der Waals surface area contributed by atoms with Crippen LogP contribution in [-0.2, 0) is 4.74 Å². The SMILES string of the molecule is CCCCCCCCCOCC(O)C(O)(CO)CCCCCCCCC. The van der Waals surface area contributed by atoms with E-state index < -0.39 is 18.3 Å². The largest absolute Gasteiger partial charge is 0.393 e. The van der Waals surface area contributed by atoms with Crippen LogP contribution in [0.5, 0.6) is 0 Å². The zero-order valence-corrected chi connectivity index (χ0v) is 17.6. The third-order valence-electron chi connectivity index (χ3n) is 5.28. The molecule has 0 rings (SSSR count). The lowest BCUT2D eigenvalue weighted by Crippen LogP contribution is -2.48. The second kappa shape index (κ2) is 18.2. The van der Waals surface area contributed by atoms with Crippen molar-refractivity contribution in [2.45, 2.75) is 122 Å². The molecule has 0 heterocycles. The van der Waals surface area contributed by atoms with Gasteiger partial charge in [-0.15, -0.1) is 0 Å². The molecule has 0 aliphatic rings. The second-order valence-electron chi connectivity index (χ2n) is 7.85. The van der Waals surface area contributed by atoms with Crippen LogP contribution >= 0.6 is 0 Å². The van der Waals surface area contributed by atoms with Crippen molar-refractivity contribution in [3.63, 3.8) is 0 Å². The van der Waals surface area contributed by atoms with Gasteiger partial charge in [-0.2, -0.15) is 0 Å². The summed E-state index contributed by atoms with van der Waals surface area (Å²) in [5, 5.41) is 30.2. The van der Waals surface area contributed by atoms with Gasteiger partial charge in [-0.05, 0) is 12.8 Å². The average molecular weight is 375 g/mol. The topological polar surface area (TPSA) is 69.9 Å². The highest BCUT2D eigenvalue weighted by Crippen LogP contribution is 2.20. The molecule has 26 heavy (non-hydrogen) atoms. The first-order valence-electron chi connectivity index (χ1n) is 11.2. The fourth-order valence-corrected chi connectivity index (χ4v) is 3.25. The quantitative estimate of drug-likeness (QED) is 0.263. The van der Waals surface area contributed by atoms with Crippen LogP contribution in [0.25, 0.3) is 0 Å². The molecule has 0 aromatic rings. The van der Waals surface area contributed by atoms with E-state index in [0.717, 1.165) is 32.1 Å². The van der Waals surface area contributed by atoms with Crippen LogP contribution < -0.4 is 0 Å². The minimum absolute atomic E-state index is 0.101. The van der Waals surface area contributed by atoms with Crippen molar-refractivity contribution in [1.29, 1.82) is 0 Å². The van der Waals surface area contributed by atoms with Crippen LogP contribution in [0.2, 0.25) is 0 Å². The third kappa shape index (κ3) is 14.0. The Morgan fingerprint density at radius 2 is 1.19 bits per heavy atom. The highest BCUT2D eigenvalue weighted by Gasteiger charge is 2.34. The highest BCUT2D eigenvalue weighted by molar-refractivity contribution is 4.85. The molecule has 4 nitrogen and oxygen atoms in total. The molecule has 158 valence electrons. The number of hydrogen-bond acceptors (Lipinski definition) is 4. The summed E-state index contributed by atoms with van der Waals surface area (Å²) in [6.45, 7) is 4.73. The summed E-state index contributed by atoms with van der Waals surface area (Å²) in [5.41, 5.74) is -1.43. The lowest BCUT2D eigenvalue weighted by atomic mass is 9.91. The van der Waals surface area contributed by atoms with E-state index in [1.165, 1.54) is 57.8 Å². The molecule has 0 saturated carbocycles. The summed E-state index contributed by atoms with van der Waals surface area (Å²) in [6.07, 6.45) is 16.1. The van der Waals surface area contributed by atoms with E-state index in [2.05, 4.69) is 13.8 Å². The molecule has 0 aliphatic carbocycles. The normalized spacial score (nSPS) is 15.1. The predicted octanol–water partition coefficient (Wildman–Crippen LogP) is 4.98. The number of unbranched alkanes of at least 4 members (excludes halogenated alkanes) is 12. The first-order valence-corrected chi connectivity index (χ1v) is 11.2. The molecule has 0 aliphatic heterocycles. The van der Waals surface area contributed by atoms with Gasteiger partial charge in [0.05, 0.1) is 13.2 Å². The van der Waals surface area contributed by atoms with Crippen LogP contribution in [-0.4, -0.2) is 46.8 Å². The second-order valence-corrected chi connectivity index (χ2v) is 7.85. The Bertz CT molecular complexity index is 285. The smallest absolute Gasteiger partial charge is 0.116 e. The van der Waals surface area contributed by atoms with Gasteiger partial charge in [-0.3, -0.25) is 0 Å². The van der Waals surface area contributed by atoms with Gasteiger partial charge in [0.2, 0.25) is 0 Å². The molecule has 0 amide bonds. The van der Waals surface area contributed by atoms with E-state index in [1.54, 1.807) is 0 Å². The van der Waals surface area contributed by atoms with Gasteiger partial charge in [-0.1, -0.05) is 97.3 Å². The molecular formula is C22H46O4. The molecule has 3 N–H and O–H groups in total. The Morgan fingerprint density at radius 3 is 1.69 bits per heavy atom. The summed E-state index contributed by atoms with van der Waals surface area (Å²) in [7, 11) is 0. The molecule has 0 aromatic heterocycles. The predicted molar refractivity (Wildman–Crippen MR) is 109 cm³/mol. The van der Waals surface area contributed by atoms with E-state index in [9.17, 15) is 15.3 Å². The maximum atomic E-state index is 10.5. The van der Waals surface area contributed by atoms with E-state index in [1.807, 2.05) is 0 Å². The number of rotatable bonds is 20. The average Bonchev–Trinajstić information content (AvgIpc) is 2.65. The lowest BCUT2D eigenvalue weighted by molar-refractivity contribution is -0.134. The number of hydrogen-bond donors (Lipinski definition) is 3. The fourth-order valence-electron chi connectivity index (χ4n) is 3.25. The molecule has 0 saturated heterocycles. The summed E-state index contributed by atoms with van der Waals surface area (Å²) in [6, 6.07) is 0. The van der Waals surface area contributed by atoms with Gasteiger partial charge in [0.1, 0.15) is 11.7 Å². The van der Waals surface area contributed by atoms with Gasteiger partial charge >= 0.3 is 0 Å². The standard InChI is InChI=1S/C22H46O4/c1-3-5-7-9-11-13-15-17-22(25,20-23)21(24)19-26-18-16-14-12-10-8-6-4-2/h21,23-25H,3-20H2,1-2H3. The van der Waals surface area contributed by atoms with E-state index in [-0.39, 0.29) is 6.61 Å². The molecule has 2 unspecified atom stereocenters.